The predicted molar refractivity (Wildman–Crippen MR) is 75.2 cm³/mol. The van der Waals surface area contributed by atoms with E-state index in [2.05, 4.69) is 18.2 Å². The zero-order valence-electron chi connectivity index (χ0n) is 11.7. The quantitative estimate of drug-likeness (QED) is 0.728. The average Bonchev–Trinajstić information content (AvgIpc) is 2.95. The van der Waals surface area contributed by atoms with Crippen LogP contribution >= 0.6 is 0 Å². The summed E-state index contributed by atoms with van der Waals surface area (Å²) in [5.74, 6) is 2.07. The van der Waals surface area contributed by atoms with E-state index in [1.807, 2.05) is 11.0 Å². The summed E-state index contributed by atoms with van der Waals surface area (Å²) in [7, 11) is 0. The molecule has 1 aromatic heterocycles. The van der Waals surface area contributed by atoms with Gasteiger partial charge in [-0.15, -0.1) is 0 Å². The molecule has 0 spiro atoms. The monoisotopic (exact) mass is 262 g/mol. The predicted octanol–water partition coefficient (Wildman–Crippen LogP) is -0.0807. The summed E-state index contributed by atoms with van der Waals surface area (Å²) in [4.78, 5) is 3.51. The molecule has 1 fully saturated rings. The van der Waals surface area contributed by atoms with Crippen molar-refractivity contribution < 1.29 is 14.2 Å². The van der Waals surface area contributed by atoms with E-state index in [0.717, 1.165) is 18.2 Å². The molecular weight excluding hydrogens is 236 g/mol. The van der Waals surface area contributed by atoms with Gasteiger partial charge in [-0.05, 0) is 31.4 Å². The van der Waals surface area contributed by atoms with Crippen LogP contribution in [0.3, 0.4) is 0 Å². The van der Waals surface area contributed by atoms with Crippen molar-refractivity contribution in [3.05, 3.63) is 36.3 Å². The molecule has 104 valence electrons. The standard InChI is InChI=1S/C16H24N2O/c1-2-5-15(6-3-1)13-17-8-10-18(11-9-17)14-16-7-4-12-19-16/h1-2,4,7,12,15H,3,5-6,8-11,13-14H2/p+2. The Hall–Kier alpha value is -1.06. The lowest BCUT2D eigenvalue weighted by atomic mass is 9.94. The highest BCUT2D eigenvalue weighted by atomic mass is 16.3. The summed E-state index contributed by atoms with van der Waals surface area (Å²) in [6, 6.07) is 4.09. The van der Waals surface area contributed by atoms with E-state index >= 15 is 0 Å². The lowest BCUT2D eigenvalue weighted by Gasteiger charge is -2.31. The van der Waals surface area contributed by atoms with Gasteiger partial charge in [-0.25, -0.2) is 0 Å². The molecule has 0 saturated carbocycles. The number of hydrogen-bond acceptors (Lipinski definition) is 1. The maximum absolute atomic E-state index is 5.45. The SMILES string of the molecule is C1=CCC(C[NH+]2CC[NH+](Cc3ccco3)CC2)CC1. The van der Waals surface area contributed by atoms with E-state index in [0.29, 0.717) is 0 Å². The summed E-state index contributed by atoms with van der Waals surface area (Å²) in [6.07, 6.45) is 10.5. The first-order valence-corrected chi connectivity index (χ1v) is 7.74. The van der Waals surface area contributed by atoms with Crippen LogP contribution in [0.5, 0.6) is 0 Å². The summed E-state index contributed by atoms with van der Waals surface area (Å²) in [5, 5.41) is 0. The fourth-order valence-electron chi connectivity index (χ4n) is 3.45. The maximum atomic E-state index is 5.45. The van der Waals surface area contributed by atoms with Crippen LogP contribution in [0, 0.1) is 5.92 Å². The van der Waals surface area contributed by atoms with Gasteiger partial charge in [0.1, 0.15) is 32.7 Å². The Bertz CT molecular complexity index is 391. The molecule has 0 amide bonds. The van der Waals surface area contributed by atoms with Crippen molar-refractivity contribution in [2.45, 2.75) is 25.8 Å². The van der Waals surface area contributed by atoms with Crippen LogP contribution in [0.25, 0.3) is 0 Å². The first-order chi connectivity index (χ1) is 9.40. The van der Waals surface area contributed by atoms with Gasteiger partial charge in [0.05, 0.1) is 12.8 Å². The third kappa shape index (κ3) is 3.71. The topological polar surface area (TPSA) is 22.0 Å². The number of nitrogens with one attached hydrogen (secondary N) is 2. The number of hydrogen-bond donors (Lipinski definition) is 2. The molecule has 0 radical (unpaired) electrons. The van der Waals surface area contributed by atoms with Crippen LogP contribution in [-0.2, 0) is 6.54 Å². The number of piperazine rings is 1. The van der Waals surface area contributed by atoms with Gasteiger partial charge < -0.3 is 14.2 Å². The molecular formula is C16H26N2O+2. The lowest BCUT2D eigenvalue weighted by Crippen LogP contribution is -3.27. The van der Waals surface area contributed by atoms with Crippen molar-refractivity contribution in [1.82, 2.24) is 0 Å². The van der Waals surface area contributed by atoms with Crippen molar-refractivity contribution in [2.24, 2.45) is 5.92 Å². The third-order valence-electron chi connectivity index (χ3n) is 4.62. The van der Waals surface area contributed by atoms with Gasteiger partial charge >= 0.3 is 0 Å². The Kier molecular flexibility index (Phi) is 4.36. The molecule has 0 bridgehead atoms. The zero-order valence-corrected chi connectivity index (χ0v) is 11.7. The van der Waals surface area contributed by atoms with E-state index < -0.39 is 0 Å². The second kappa shape index (κ2) is 6.40. The molecule has 3 heteroatoms. The molecule has 1 aromatic rings. The molecule has 1 aliphatic carbocycles. The van der Waals surface area contributed by atoms with Gasteiger partial charge in [-0.3, -0.25) is 0 Å². The largest absolute Gasteiger partial charge is 0.463 e. The molecule has 1 saturated heterocycles. The van der Waals surface area contributed by atoms with Gasteiger partial charge in [-0.1, -0.05) is 12.2 Å². The molecule has 2 N–H and O–H groups in total. The summed E-state index contributed by atoms with van der Waals surface area (Å²) in [5.41, 5.74) is 0. The number of furan rings is 1. The van der Waals surface area contributed by atoms with Crippen molar-refractivity contribution in [1.29, 1.82) is 0 Å². The molecule has 1 unspecified atom stereocenters. The Balaban J connectivity index is 1.40. The first-order valence-electron chi connectivity index (χ1n) is 7.74. The molecule has 1 aliphatic heterocycles. The van der Waals surface area contributed by atoms with Gasteiger partial charge in [0.15, 0.2) is 5.76 Å². The van der Waals surface area contributed by atoms with Crippen LogP contribution in [0.2, 0.25) is 0 Å². The van der Waals surface area contributed by atoms with Gasteiger partial charge in [-0.2, -0.15) is 0 Å². The van der Waals surface area contributed by atoms with E-state index in [1.165, 1.54) is 52.0 Å². The Morgan fingerprint density at radius 2 is 1.95 bits per heavy atom. The zero-order chi connectivity index (χ0) is 12.9. The van der Waals surface area contributed by atoms with Crippen LogP contribution in [-0.4, -0.2) is 32.7 Å². The third-order valence-corrected chi connectivity index (χ3v) is 4.62. The first kappa shape index (κ1) is 12.9. The molecule has 19 heavy (non-hydrogen) atoms. The van der Waals surface area contributed by atoms with Gasteiger partial charge in [0.2, 0.25) is 0 Å². The molecule has 3 nitrogen and oxygen atoms in total. The molecule has 2 heterocycles. The molecule has 0 aromatic carbocycles. The lowest BCUT2D eigenvalue weighted by molar-refractivity contribution is -1.02. The van der Waals surface area contributed by atoms with Crippen molar-refractivity contribution in [2.75, 3.05) is 32.7 Å². The maximum Gasteiger partial charge on any atom is 0.157 e. The minimum absolute atomic E-state index is 0.937. The molecule has 1 atom stereocenters. The van der Waals surface area contributed by atoms with Crippen LogP contribution in [0.15, 0.2) is 35.0 Å². The normalized spacial score (nSPS) is 31.5. The average molecular weight is 262 g/mol. The highest BCUT2D eigenvalue weighted by Gasteiger charge is 2.26. The van der Waals surface area contributed by atoms with Crippen molar-refractivity contribution >= 4 is 0 Å². The van der Waals surface area contributed by atoms with Crippen molar-refractivity contribution in [3.8, 4) is 0 Å². The Morgan fingerprint density at radius 3 is 2.63 bits per heavy atom. The fourth-order valence-corrected chi connectivity index (χ4v) is 3.45. The van der Waals surface area contributed by atoms with Crippen LogP contribution < -0.4 is 9.80 Å². The van der Waals surface area contributed by atoms with Crippen LogP contribution in [0.4, 0.5) is 0 Å². The van der Waals surface area contributed by atoms with E-state index in [1.54, 1.807) is 11.2 Å². The highest BCUT2D eigenvalue weighted by molar-refractivity contribution is 4.95. The van der Waals surface area contributed by atoms with Crippen molar-refractivity contribution in [3.63, 3.8) is 0 Å². The summed E-state index contributed by atoms with van der Waals surface area (Å²) in [6.45, 7) is 7.69. The Labute approximate surface area is 115 Å². The smallest absolute Gasteiger partial charge is 0.157 e. The van der Waals surface area contributed by atoms with Gasteiger partial charge in [0, 0.05) is 5.92 Å². The molecule has 3 rings (SSSR count). The van der Waals surface area contributed by atoms with Gasteiger partial charge in [0.25, 0.3) is 0 Å². The van der Waals surface area contributed by atoms with E-state index in [4.69, 9.17) is 4.42 Å². The second-order valence-electron chi connectivity index (χ2n) is 6.11. The molecule has 2 aliphatic rings. The van der Waals surface area contributed by atoms with Crippen LogP contribution in [0.1, 0.15) is 25.0 Å². The summed E-state index contributed by atoms with van der Waals surface area (Å²) >= 11 is 0. The number of allylic oxidation sites excluding steroid dienone is 2. The van der Waals surface area contributed by atoms with E-state index in [9.17, 15) is 0 Å². The highest BCUT2D eigenvalue weighted by Crippen LogP contribution is 2.15. The van der Waals surface area contributed by atoms with E-state index in [-0.39, 0.29) is 0 Å². The number of rotatable bonds is 4. The summed E-state index contributed by atoms with van der Waals surface area (Å²) < 4.78 is 5.45. The minimum atomic E-state index is 0.937. The fraction of sp³-hybridized carbons (Fsp3) is 0.625. The number of quaternary nitrogens is 2. The second-order valence-corrected chi connectivity index (χ2v) is 6.11. The minimum Gasteiger partial charge on any atom is -0.463 e. The Morgan fingerprint density at radius 1 is 1.11 bits per heavy atom.